The zero-order valence-corrected chi connectivity index (χ0v) is 15.3. The Hall–Kier alpha value is -2.40. The molecule has 0 bridgehead atoms. The highest BCUT2D eigenvalue weighted by atomic mass is 16.3. The van der Waals surface area contributed by atoms with E-state index in [9.17, 15) is 5.11 Å². The largest absolute Gasteiger partial charge is 0.393 e. The highest BCUT2D eigenvalue weighted by molar-refractivity contribution is 5.31. The van der Waals surface area contributed by atoms with Crippen molar-refractivity contribution in [2.45, 2.75) is 57.0 Å². The molecule has 1 N–H and O–H groups in total. The van der Waals surface area contributed by atoms with Gasteiger partial charge in [0.05, 0.1) is 6.10 Å². The summed E-state index contributed by atoms with van der Waals surface area (Å²) in [5.74, 6) is 0. The van der Waals surface area contributed by atoms with E-state index in [1.807, 2.05) is 13.8 Å². The maximum Gasteiger partial charge on any atom is 0.213 e. The summed E-state index contributed by atoms with van der Waals surface area (Å²) in [5, 5.41) is 26.5. The maximum absolute atomic E-state index is 10.3. The Bertz CT molecular complexity index is 756. The van der Waals surface area contributed by atoms with Crippen molar-refractivity contribution in [3.05, 3.63) is 70.8 Å². The fourth-order valence-electron chi connectivity index (χ4n) is 3.17. The van der Waals surface area contributed by atoms with Crippen LogP contribution >= 0.6 is 0 Å². The Morgan fingerprint density at radius 3 is 1.35 bits per heavy atom. The minimum Gasteiger partial charge on any atom is -0.393 e. The second-order valence-corrected chi connectivity index (χ2v) is 7.57. The molecule has 134 valence electrons. The molecule has 0 radical (unpaired) electrons. The van der Waals surface area contributed by atoms with Crippen LogP contribution in [-0.2, 0) is 24.2 Å². The highest BCUT2D eigenvalue weighted by Gasteiger charge is 2.36. The topological polar surface area (TPSA) is 69.7 Å². The van der Waals surface area contributed by atoms with Gasteiger partial charge in [-0.2, -0.15) is 20.5 Å². The van der Waals surface area contributed by atoms with E-state index in [0.717, 1.165) is 36.8 Å². The Balaban J connectivity index is 1.22. The lowest BCUT2D eigenvalue weighted by Gasteiger charge is -2.12. The molecule has 0 aliphatic carbocycles. The van der Waals surface area contributed by atoms with Crippen LogP contribution in [0.1, 0.15) is 48.9 Å². The number of aliphatic hydroxyl groups is 1. The number of hydrogen-bond donors (Lipinski definition) is 1. The van der Waals surface area contributed by atoms with Gasteiger partial charge in [-0.1, -0.05) is 48.5 Å². The van der Waals surface area contributed by atoms with E-state index in [2.05, 4.69) is 69.0 Å². The third-order valence-electron chi connectivity index (χ3n) is 5.33. The first-order valence-electron chi connectivity index (χ1n) is 9.22. The number of hydrogen-bond acceptors (Lipinski definition) is 5. The van der Waals surface area contributed by atoms with Crippen molar-refractivity contribution in [3.63, 3.8) is 0 Å². The minimum absolute atomic E-state index is 0.286. The van der Waals surface area contributed by atoms with Crippen molar-refractivity contribution >= 4 is 0 Å². The number of rotatable bonds is 8. The zero-order chi connectivity index (χ0) is 18.2. The van der Waals surface area contributed by atoms with E-state index in [1.165, 1.54) is 11.1 Å². The lowest BCUT2D eigenvalue weighted by molar-refractivity contribution is 0.155. The van der Waals surface area contributed by atoms with E-state index >= 15 is 0 Å². The molecule has 2 heterocycles. The smallest absolute Gasteiger partial charge is 0.213 e. The van der Waals surface area contributed by atoms with Gasteiger partial charge in [0.25, 0.3) is 0 Å². The van der Waals surface area contributed by atoms with Gasteiger partial charge in [-0.15, -0.1) is 0 Å². The van der Waals surface area contributed by atoms with Crippen LogP contribution in [0.5, 0.6) is 0 Å². The summed E-state index contributed by atoms with van der Waals surface area (Å²) in [6.07, 6.45) is 3.03. The third-order valence-corrected chi connectivity index (χ3v) is 5.33. The van der Waals surface area contributed by atoms with E-state index in [1.54, 1.807) is 0 Å². The Morgan fingerprint density at radius 2 is 1.04 bits per heavy atom. The maximum atomic E-state index is 10.3. The number of benzene rings is 2. The summed E-state index contributed by atoms with van der Waals surface area (Å²) >= 11 is 0. The van der Waals surface area contributed by atoms with Gasteiger partial charge in [0.1, 0.15) is 0 Å². The fraction of sp³-hybridized carbons (Fsp3) is 0.429. The van der Waals surface area contributed by atoms with Crippen LogP contribution < -0.4 is 0 Å². The lowest BCUT2D eigenvalue weighted by Crippen LogP contribution is -2.10. The summed E-state index contributed by atoms with van der Waals surface area (Å²) in [7, 11) is 0. The van der Waals surface area contributed by atoms with E-state index in [-0.39, 0.29) is 17.4 Å². The molecule has 2 aliphatic rings. The molecule has 26 heavy (non-hydrogen) atoms. The van der Waals surface area contributed by atoms with Crippen molar-refractivity contribution < 1.29 is 5.11 Å². The number of aliphatic hydroxyl groups excluding tert-OH is 1. The highest BCUT2D eigenvalue weighted by Crippen LogP contribution is 2.39. The molecule has 0 fully saturated rings. The summed E-state index contributed by atoms with van der Waals surface area (Å²) in [6, 6.07) is 16.8. The van der Waals surface area contributed by atoms with Crippen LogP contribution in [-0.4, -0.2) is 11.2 Å². The fourth-order valence-corrected chi connectivity index (χ4v) is 3.17. The summed E-state index contributed by atoms with van der Waals surface area (Å²) in [5.41, 5.74) is 4.12. The summed E-state index contributed by atoms with van der Waals surface area (Å²) in [6.45, 7) is 4.01. The van der Waals surface area contributed by atoms with Gasteiger partial charge in [0, 0.05) is 11.1 Å². The first-order chi connectivity index (χ1) is 12.5. The second kappa shape index (κ2) is 6.40. The van der Waals surface area contributed by atoms with Crippen molar-refractivity contribution in [1.29, 1.82) is 0 Å². The van der Waals surface area contributed by atoms with Gasteiger partial charge >= 0.3 is 0 Å². The second-order valence-electron chi connectivity index (χ2n) is 7.57. The Morgan fingerprint density at radius 1 is 0.692 bits per heavy atom. The normalized spacial score (nSPS) is 18.3. The van der Waals surface area contributed by atoms with Crippen LogP contribution in [0.4, 0.5) is 0 Å². The molecule has 5 nitrogen and oxygen atoms in total. The quantitative estimate of drug-likeness (QED) is 0.725. The first kappa shape index (κ1) is 17.0. The van der Waals surface area contributed by atoms with Gasteiger partial charge in [0.15, 0.2) is 0 Å². The Labute approximate surface area is 153 Å². The van der Waals surface area contributed by atoms with Gasteiger partial charge < -0.3 is 5.11 Å². The van der Waals surface area contributed by atoms with Crippen LogP contribution in [0.25, 0.3) is 0 Å². The predicted octanol–water partition coefficient (Wildman–Crippen LogP) is 4.89. The molecule has 0 spiro atoms. The average molecular weight is 348 g/mol. The van der Waals surface area contributed by atoms with Crippen molar-refractivity contribution in [2.24, 2.45) is 20.5 Å². The van der Waals surface area contributed by atoms with Crippen molar-refractivity contribution in [2.75, 3.05) is 0 Å². The van der Waals surface area contributed by atoms with Gasteiger partial charge in [-0.05, 0) is 50.7 Å². The van der Waals surface area contributed by atoms with Crippen LogP contribution in [0.2, 0.25) is 0 Å². The molecule has 0 aromatic heterocycles. The van der Waals surface area contributed by atoms with Crippen LogP contribution in [0, 0.1) is 0 Å². The molecular formula is C21H24N4O. The molecule has 0 amide bonds. The summed E-state index contributed by atoms with van der Waals surface area (Å²) in [4.78, 5) is 0. The molecule has 2 aliphatic heterocycles. The lowest BCUT2D eigenvalue weighted by atomic mass is 9.97. The van der Waals surface area contributed by atoms with Crippen LogP contribution in [0.3, 0.4) is 0 Å². The van der Waals surface area contributed by atoms with E-state index in [4.69, 9.17) is 0 Å². The van der Waals surface area contributed by atoms with Crippen molar-refractivity contribution in [1.82, 2.24) is 0 Å². The van der Waals surface area contributed by atoms with E-state index in [0.29, 0.717) is 0 Å². The average Bonchev–Trinajstić information content (AvgIpc) is 3.58. The third kappa shape index (κ3) is 3.73. The van der Waals surface area contributed by atoms with Gasteiger partial charge in [-0.25, -0.2) is 0 Å². The predicted molar refractivity (Wildman–Crippen MR) is 99.9 cm³/mol. The molecule has 0 saturated carbocycles. The van der Waals surface area contributed by atoms with Crippen molar-refractivity contribution in [3.8, 4) is 0 Å². The van der Waals surface area contributed by atoms with E-state index < -0.39 is 0 Å². The Kier molecular flexibility index (Phi) is 4.19. The first-order valence-corrected chi connectivity index (χ1v) is 9.22. The molecule has 4 rings (SSSR count). The molecule has 0 atom stereocenters. The molecule has 0 saturated heterocycles. The standard InChI is InChI=1S/C21H24N4O/c1-20(22-23-20)17-9-3-15(4-10-17)7-13-19(26)14-8-16-5-11-18(12-6-16)21(2)24-25-21/h3-6,9-12,19,26H,7-8,13-14H2,1-2H3. The molecule has 2 aromatic rings. The SMILES string of the molecule is CC1(c2ccc(CCC(O)CCc3ccc(C4(C)N=N4)cc3)cc2)N=N1. The molecular weight excluding hydrogens is 324 g/mol. The molecule has 0 unspecified atom stereocenters. The number of aryl methyl sites for hydroxylation is 2. The molecule has 5 heteroatoms. The van der Waals surface area contributed by atoms with Crippen LogP contribution in [0.15, 0.2) is 69.0 Å². The van der Waals surface area contributed by atoms with Gasteiger partial charge in [-0.3, -0.25) is 0 Å². The summed E-state index contributed by atoms with van der Waals surface area (Å²) < 4.78 is 0. The zero-order valence-electron chi connectivity index (χ0n) is 15.3. The van der Waals surface area contributed by atoms with Gasteiger partial charge in [0.2, 0.25) is 11.3 Å². The molecule has 2 aromatic carbocycles. The minimum atomic E-state index is -0.313. The monoisotopic (exact) mass is 348 g/mol. The number of nitrogens with zero attached hydrogens (tertiary/aromatic N) is 4.